The van der Waals surface area contributed by atoms with Crippen molar-refractivity contribution in [3.8, 4) is 11.1 Å². The lowest BCUT2D eigenvalue weighted by atomic mass is 10.0. The van der Waals surface area contributed by atoms with E-state index in [-0.39, 0.29) is 30.7 Å². The lowest BCUT2D eigenvalue weighted by molar-refractivity contribution is -0.137. The molecule has 242 valence electrons. The smallest absolute Gasteiger partial charge is 0.344 e. The van der Waals surface area contributed by atoms with Gasteiger partial charge in [-0.25, -0.2) is 13.1 Å². The molecule has 0 radical (unpaired) electrons. The van der Waals surface area contributed by atoms with Crippen LogP contribution in [0.15, 0.2) is 71.6 Å². The summed E-state index contributed by atoms with van der Waals surface area (Å²) in [5.74, 6) is -0.882. The maximum absolute atomic E-state index is 13.8. The molecule has 4 rings (SSSR count). The van der Waals surface area contributed by atoms with Gasteiger partial charge in [0.05, 0.1) is 17.0 Å². The number of nitrogens with zero attached hydrogens (tertiary/aromatic N) is 1. The summed E-state index contributed by atoms with van der Waals surface area (Å²) in [6.45, 7) is 8.63. The maximum atomic E-state index is 13.8. The normalized spacial score (nSPS) is 16.2. The number of sulfonamides is 1. The van der Waals surface area contributed by atoms with Crippen LogP contribution in [0, 0.1) is 0 Å². The minimum atomic E-state index is -4.56. The zero-order chi connectivity index (χ0) is 33.4. The van der Waals surface area contributed by atoms with E-state index in [1.165, 1.54) is 17.0 Å². The van der Waals surface area contributed by atoms with Gasteiger partial charge in [0.25, 0.3) is 0 Å². The van der Waals surface area contributed by atoms with Crippen LogP contribution in [-0.2, 0) is 38.8 Å². The summed E-state index contributed by atoms with van der Waals surface area (Å²) >= 11 is 0. The summed E-state index contributed by atoms with van der Waals surface area (Å²) in [6.07, 6.45) is -4.33. The van der Waals surface area contributed by atoms with Gasteiger partial charge in [-0.05, 0) is 88.4 Å². The molecule has 3 aromatic rings. The molecule has 45 heavy (non-hydrogen) atoms. The summed E-state index contributed by atoms with van der Waals surface area (Å²) in [6, 6.07) is 15.9. The molecule has 3 aromatic carbocycles. The van der Waals surface area contributed by atoms with E-state index in [1.54, 1.807) is 77.1 Å². The van der Waals surface area contributed by atoms with Crippen LogP contribution >= 0.6 is 0 Å². The predicted molar refractivity (Wildman–Crippen MR) is 168 cm³/mol. The molecule has 0 bridgehead atoms. The van der Waals surface area contributed by atoms with Gasteiger partial charge in [0.15, 0.2) is 0 Å². The molecule has 12 heteroatoms. The van der Waals surface area contributed by atoms with E-state index in [9.17, 15) is 31.2 Å². The van der Waals surface area contributed by atoms with E-state index >= 15 is 0 Å². The number of amides is 2. The van der Waals surface area contributed by atoms with Crippen LogP contribution in [0.3, 0.4) is 0 Å². The van der Waals surface area contributed by atoms with Crippen molar-refractivity contribution in [1.29, 1.82) is 0 Å². The van der Waals surface area contributed by atoms with Gasteiger partial charge >= 0.3 is 6.18 Å². The fourth-order valence-electron chi connectivity index (χ4n) is 5.28. The van der Waals surface area contributed by atoms with Crippen molar-refractivity contribution < 1.29 is 31.2 Å². The molecule has 1 aliphatic heterocycles. The van der Waals surface area contributed by atoms with Crippen LogP contribution in [0.5, 0.6) is 0 Å². The summed E-state index contributed by atoms with van der Waals surface area (Å²) < 4.78 is 69.7. The number of fused-ring (bicyclic) bond motifs is 1. The van der Waals surface area contributed by atoms with Gasteiger partial charge in [0.2, 0.25) is 21.8 Å². The van der Waals surface area contributed by atoms with Crippen molar-refractivity contribution in [3.05, 3.63) is 83.4 Å². The van der Waals surface area contributed by atoms with Gasteiger partial charge in [-0.2, -0.15) is 13.2 Å². The highest BCUT2D eigenvalue weighted by atomic mass is 32.2. The first-order chi connectivity index (χ1) is 20.7. The Morgan fingerprint density at radius 1 is 0.978 bits per heavy atom. The fourth-order valence-corrected chi connectivity index (χ4v) is 6.93. The highest BCUT2D eigenvalue weighted by molar-refractivity contribution is 7.89. The lowest BCUT2D eigenvalue weighted by Gasteiger charge is -2.27. The van der Waals surface area contributed by atoms with E-state index in [1.807, 2.05) is 0 Å². The number of hydrogen-bond donors (Lipinski definition) is 3. The van der Waals surface area contributed by atoms with Crippen molar-refractivity contribution in [2.75, 3.05) is 4.90 Å². The van der Waals surface area contributed by atoms with E-state index in [0.717, 1.165) is 12.1 Å². The summed E-state index contributed by atoms with van der Waals surface area (Å²) in [7, 11) is -3.84. The van der Waals surface area contributed by atoms with Crippen molar-refractivity contribution in [2.45, 2.75) is 88.6 Å². The minimum absolute atomic E-state index is 0.0117. The van der Waals surface area contributed by atoms with Crippen LogP contribution in [0.25, 0.3) is 11.1 Å². The zero-order valence-electron chi connectivity index (χ0n) is 26.0. The number of benzene rings is 3. The highest BCUT2D eigenvalue weighted by Crippen LogP contribution is 2.36. The molecule has 2 amide bonds. The number of alkyl halides is 3. The van der Waals surface area contributed by atoms with E-state index in [2.05, 4.69) is 10.0 Å². The third-order valence-electron chi connectivity index (χ3n) is 7.14. The summed E-state index contributed by atoms with van der Waals surface area (Å²) in [5, 5.41) is 2.73. The molecule has 1 aliphatic rings. The number of nitrogens with one attached hydrogen (secondary N) is 2. The molecule has 0 spiro atoms. The molecule has 0 unspecified atom stereocenters. The summed E-state index contributed by atoms with van der Waals surface area (Å²) in [4.78, 5) is 28.0. The Morgan fingerprint density at radius 3 is 2.22 bits per heavy atom. The predicted octanol–water partition coefficient (Wildman–Crippen LogP) is 5.54. The Bertz CT molecular complexity index is 1680. The van der Waals surface area contributed by atoms with Crippen LogP contribution < -0.4 is 20.7 Å². The molecular formula is C33H39F3N4O4S. The van der Waals surface area contributed by atoms with Crippen LogP contribution in [0.1, 0.15) is 64.2 Å². The molecule has 1 atom stereocenters. The highest BCUT2D eigenvalue weighted by Gasteiger charge is 2.36. The second-order valence-corrected chi connectivity index (χ2v) is 14.8. The number of carbonyl (C=O) groups is 2. The van der Waals surface area contributed by atoms with E-state index < -0.39 is 50.7 Å². The first-order valence-electron chi connectivity index (χ1n) is 14.6. The number of rotatable bonds is 8. The van der Waals surface area contributed by atoms with Gasteiger partial charge in [-0.15, -0.1) is 0 Å². The third kappa shape index (κ3) is 8.71. The molecule has 0 saturated carbocycles. The molecule has 4 N–H and O–H groups in total. The molecule has 0 aliphatic carbocycles. The maximum Gasteiger partial charge on any atom is 0.416 e. The Kier molecular flexibility index (Phi) is 9.54. The van der Waals surface area contributed by atoms with Crippen molar-refractivity contribution in [2.24, 2.45) is 5.73 Å². The van der Waals surface area contributed by atoms with Crippen molar-refractivity contribution in [3.63, 3.8) is 0 Å². The number of carbonyl (C=O) groups excluding carboxylic acids is 2. The lowest BCUT2D eigenvalue weighted by Crippen LogP contribution is -2.49. The topological polar surface area (TPSA) is 122 Å². The monoisotopic (exact) mass is 644 g/mol. The quantitative estimate of drug-likeness (QED) is 0.297. The largest absolute Gasteiger partial charge is 0.416 e. The van der Waals surface area contributed by atoms with Crippen molar-refractivity contribution >= 4 is 27.5 Å². The number of halogens is 3. The Morgan fingerprint density at radius 2 is 1.62 bits per heavy atom. The van der Waals surface area contributed by atoms with E-state index in [0.29, 0.717) is 27.9 Å². The Hall–Kier alpha value is -3.74. The van der Waals surface area contributed by atoms with Crippen LogP contribution in [0.2, 0.25) is 0 Å². The molecular weight excluding hydrogens is 605 g/mol. The van der Waals surface area contributed by atoms with Crippen molar-refractivity contribution in [1.82, 2.24) is 10.0 Å². The number of anilines is 1. The van der Waals surface area contributed by atoms with E-state index in [4.69, 9.17) is 5.73 Å². The first kappa shape index (κ1) is 34.1. The fraction of sp³-hybridized carbons (Fsp3) is 0.394. The van der Waals surface area contributed by atoms with Gasteiger partial charge < -0.3 is 16.0 Å². The molecule has 1 heterocycles. The average molecular weight is 645 g/mol. The first-order valence-corrected chi connectivity index (χ1v) is 16.0. The molecule has 0 saturated heterocycles. The molecule has 8 nitrogen and oxygen atoms in total. The Labute approximate surface area is 262 Å². The second kappa shape index (κ2) is 12.6. The Balaban J connectivity index is 1.67. The van der Waals surface area contributed by atoms with Crippen LogP contribution in [0.4, 0.5) is 18.9 Å². The van der Waals surface area contributed by atoms with Gasteiger partial charge in [-0.3, -0.25) is 9.59 Å². The molecule has 0 fully saturated rings. The average Bonchev–Trinajstić information content (AvgIpc) is 3.02. The standard InChI is InChI=1S/C33H39F3N4O4S/c1-31(2,3)39-45(43,44)28-9-7-6-8-25(28)22-12-10-21(11-13-22)20-40-27-17-15-24(33(34,35)36)18-23(27)14-16-26(30(40)42)38-29(41)19-32(4,5)37/h6-13,15,17-18,26,39H,14,16,19-20,37H2,1-5H3,(H,38,41)/t26-/m1/s1. The third-order valence-corrected chi connectivity index (χ3v) is 8.95. The minimum Gasteiger partial charge on any atom is -0.344 e. The van der Waals surface area contributed by atoms with Gasteiger partial charge in [-0.1, -0.05) is 42.5 Å². The van der Waals surface area contributed by atoms with Crippen LogP contribution in [-0.4, -0.2) is 37.4 Å². The van der Waals surface area contributed by atoms with Gasteiger partial charge in [0, 0.05) is 28.7 Å². The number of aryl methyl sites for hydroxylation is 1. The number of hydrogen-bond acceptors (Lipinski definition) is 5. The SMILES string of the molecule is CC(C)(N)CC(=O)N[C@@H]1CCc2cc(C(F)(F)F)ccc2N(Cc2ccc(-c3ccccc3S(=O)(=O)NC(C)(C)C)cc2)C1=O. The summed E-state index contributed by atoms with van der Waals surface area (Å²) in [5.41, 5.74) is 6.10. The van der Waals surface area contributed by atoms with Gasteiger partial charge in [0.1, 0.15) is 6.04 Å². The second-order valence-electron chi connectivity index (χ2n) is 13.1. The molecule has 0 aromatic heterocycles. The zero-order valence-corrected chi connectivity index (χ0v) is 26.8. The number of nitrogens with two attached hydrogens (primary N) is 1.